The van der Waals surface area contributed by atoms with Crippen LogP contribution in [0.1, 0.15) is 20.8 Å². The molecule has 0 radical (unpaired) electrons. The second-order valence-electron chi connectivity index (χ2n) is 4.16. The first-order chi connectivity index (χ1) is 9.92. The SMILES string of the molecule is COC(=O)c1cc(F)cc(-c2ccc(N)nc2C(=O)O)c1. The van der Waals surface area contributed by atoms with Gasteiger partial charge in [-0.05, 0) is 35.9 Å². The van der Waals surface area contributed by atoms with E-state index in [4.69, 9.17) is 10.8 Å². The first kappa shape index (κ1) is 14.4. The Morgan fingerprint density at radius 3 is 2.62 bits per heavy atom. The molecule has 0 aliphatic carbocycles. The second kappa shape index (κ2) is 5.58. The third-order valence-corrected chi connectivity index (χ3v) is 2.75. The Morgan fingerprint density at radius 2 is 2.00 bits per heavy atom. The minimum atomic E-state index is -1.30. The van der Waals surface area contributed by atoms with E-state index in [0.29, 0.717) is 0 Å². The van der Waals surface area contributed by atoms with Crippen molar-refractivity contribution in [3.8, 4) is 11.1 Å². The van der Waals surface area contributed by atoms with Gasteiger partial charge in [-0.1, -0.05) is 0 Å². The lowest BCUT2D eigenvalue weighted by Crippen LogP contribution is -2.07. The van der Waals surface area contributed by atoms with Crippen LogP contribution < -0.4 is 5.73 Å². The van der Waals surface area contributed by atoms with Crippen LogP contribution in [-0.2, 0) is 4.74 Å². The number of benzene rings is 1. The highest BCUT2D eigenvalue weighted by Crippen LogP contribution is 2.26. The number of anilines is 1. The van der Waals surface area contributed by atoms with Crippen LogP contribution in [0.3, 0.4) is 0 Å². The highest BCUT2D eigenvalue weighted by molar-refractivity contribution is 5.96. The minimum Gasteiger partial charge on any atom is -0.476 e. The van der Waals surface area contributed by atoms with E-state index in [9.17, 15) is 14.0 Å². The zero-order valence-corrected chi connectivity index (χ0v) is 11.0. The molecule has 0 aliphatic heterocycles. The largest absolute Gasteiger partial charge is 0.476 e. The van der Waals surface area contributed by atoms with Gasteiger partial charge in [0.25, 0.3) is 0 Å². The molecular formula is C14H11FN2O4. The average Bonchev–Trinajstić information content (AvgIpc) is 2.45. The van der Waals surface area contributed by atoms with Crippen LogP contribution in [0.5, 0.6) is 0 Å². The molecular weight excluding hydrogens is 279 g/mol. The number of nitrogen functional groups attached to an aromatic ring is 1. The maximum Gasteiger partial charge on any atom is 0.355 e. The molecule has 1 aromatic heterocycles. The molecule has 0 unspecified atom stereocenters. The van der Waals surface area contributed by atoms with Gasteiger partial charge in [0.15, 0.2) is 5.69 Å². The fourth-order valence-electron chi connectivity index (χ4n) is 1.85. The van der Waals surface area contributed by atoms with Crippen LogP contribution in [0.15, 0.2) is 30.3 Å². The number of carbonyl (C=O) groups excluding carboxylic acids is 1. The molecule has 6 nitrogen and oxygen atoms in total. The van der Waals surface area contributed by atoms with Crippen LogP contribution in [-0.4, -0.2) is 29.1 Å². The summed E-state index contributed by atoms with van der Waals surface area (Å²) >= 11 is 0. The number of hydrogen-bond donors (Lipinski definition) is 2. The summed E-state index contributed by atoms with van der Waals surface area (Å²) < 4.78 is 18.1. The molecule has 0 atom stereocenters. The number of nitrogens with zero attached hydrogens (tertiary/aromatic N) is 1. The van der Waals surface area contributed by atoms with Crippen LogP contribution in [0.25, 0.3) is 11.1 Å². The monoisotopic (exact) mass is 290 g/mol. The number of rotatable bonds is 3. The molecule has 2 rings (SSSR count). The van der Waals surface area contributed by atoms with Crippen molar-refractivity contribution in [2.75, 3.05) is 12.8 Å². The van der Waals surface area contributed by atoms with Crippen LogP contribution in [0, 0.1) is 5.82 Å². The second-order valence-corrected chi connectivity index (χ2v) is 4.16. The number of methoxy groups -OCH3 is 1. The number of aromatic nitrogens is 1. The van der Waals surface area contributed by atoms with E-state index in [1.807, 2.05) is 0 Å². The van der Waals surface area contributed by atoms with E-state index in [2.05, 4.69) is 9.72 Å². The van der Waals surface area contributed by atoms with Crippen molar-refractivity contribution >= 4 is 17.8 Å². The number of carboxylic acids is 1. The summed E-state index contributed by atoms with van der Waals surface area (Å²) in [5.74, 6) is -2.70. The van der Waals surface area contributed by atoms with Crippen molar-refractivity contribution in [2.45, 2.75) is 0 Å². The molecule has 7 heteroatoms. The van der Waals surface area contributed by atoms with Gasteiger partial charge in [0, 0.05) is 5.56 Å². The fraction of sp³-hybridized carbons (Fsp3) is 0.0714. The Bertz CT molecular complexity index is 731. The van der Waals surface area contributed by atoms with Crippen molar-refractivity contribution in [2.24, 2.45) is 0 Å². The molecule has 0 aliphatic rings. The predicted octanol–water partition coefficient (Wildman–Crippen LogP) is 1.95. The van der Waals surface area contributed by atoms with Crippen molar-refractivity contribution in [1.82, 2.24) is 4.98 Å². The van der Waals surface area contributed by atoms with Gasteiger partial charge in [0.05, 0.1) is 12.7 Å². The number of carboxylic acid groups (broad SMARTS) is 1. The first-order valence-electron chi connectivity index (χ1n) is 5.81. The highest BCUT2D eigenvalue weighted by atomic mass is 19.1. The fourth-order valence-corrected chi connectivity index (χ4v) is 1.85. The number of nitrogens with two attached hydrogens (primary N) is 1. The molecule has 0 fully saturated rings. The zero-order chi connectivity index (χ0) is 15.6. The summed E-state index contributed by atoms with van der Waals surface area (Å²) in [6.07, 6.45) is 0. The van der Waals surface area contributed by atoms with Gasteiger partial charge < -0.3 is 15.6 Å². The summed E-state index contributed by atoms with van der Waals surface area (Å²) in [4.78, 5) is 26.4. The molecule has 0 saturated heterocycles. The lowest BCUT2D eigenvalue weighted by atomic mass is 10.0. The average molecular weight is 290 g/mol. The smallest absolute Gasteiger partial charge is 0.355 e. The van der Waals surface area contributed by atoms with Gasteiger partial charge in [-0.15, -0.1) is 0 Å². The molecule has 3 N–H and O–H groups in total. The number of halogens is 1. The number of ether oxygens (including phenoxy) is 1. The Kier molecular flexibility index (Phi) is 3.84. The zero-order valence-electron chi connectivity index (χ0n) is 11.0. The van der Waals surface area contributed by atoms with E-state index in [-0.39, 0.29) is 28.2 Å². The molecule has 0 saturated carbocycles. The highest BCUT2D eigenvalue weighted by Gasteiger charge is 2.17. The van der Waals surface area contributed by atoms with Crippen molar-refractivity contribution in [1.29, 1.82) is 0 Å². The van der Waals surface area contributed by atoms with E-state index >= 15 is 0 Å². The van der Waals surface area contributed by atoms with Gasteiger partial charge in [0.2, 0.25) is 0 Å². The topological polar surface area (TPSA) is 103 Å². The molecule has 2 aromatic rings. The van der Waals surface area contributed by atoms with Crippen molar-refractivity contribution in [3.63, 3.8) is 0 Å². The van der Waals surface area contributed by atoms with Gasteiger partial charge >= 0.3 is 11.9 Å². The molecule has 1 heterocycles. The third-order valence-electron chi connectivity index (χ3n) is 2.75. The van der Waals surface area contributed by atoms with Crippen LogP contribution in [0.4, 0.5) is 10.2 Å². The maximum atomic E-state index is 13.6. The summed E-state index contributed by atoms with van der Waals surface area (Å²) in [5, 5.41) is 9.14. The Balaban J connectivity index is 2.64. The Morgan fingerprint density at radius 1 is 1.29 bits per heavy atom. The predicted molar refractivity (Wildman–Crippen MR) is 72.3 cm³/mol. The summed E-state index contributed by atoms with van der Waals surface area (Å²) in [7, 11) is 1.17. The van der Waals surface area contributed by atoms with Crippen molar-refractivity contribution in [3.05, 3.63) is 47.4 Å². The molecule has 1 aromatic carbocycles. The molecule has 0 spiro atoms. The molecule has 0 bridgehead atoms. The lowest BCUT2D eigenvalue weighted by Gasteiger charge is -2.08. The lowest BCUT2D eigenvalue weighted by molar-refractivity contribution is 0.0599. The molecule has 21 heavy (non-hydrogen) atoms. The molecule has 108 valence electrons. The molecule has 0 amide bonds. The van der Waals surface area contributed by atoms with Crippen LogP contribution >= 0.6 is 0 Å². The Hall–Kier alpha value is -2.96. The van der Waals surface area contributed by atoms with Crippen LogP contribution in [0.2, 0.25) is 0 Å². The third kappa shape index (κ3) is 2.97. The summed E-state index contributed by atoms with van der Waals surface area (Å²) in [6, 6.07) is 6.23. The number of pyridine rings is 1. The maximum absolute atomic E-state index is 13.6. The van der Waals surface area contributed by atoms with E-state index in [1.54, 1.807) is 0 Å². The van der Waals surface area contributed by atoms with Gasteiger partial charge in [0.1, 0.15) is 11.6 Å². The van der Waals surface area contributed by atoms with E-state index in [0.717, 1.165) is 12.1 Å². The minimum absolute atomic E-state index is 0.0272. The van der Waals surface area contributed by atoms with Gasteiger partial charge in [-0.25, -0.2) is 19.0 Å². The van der Waals surface area contributed by atoms with Crippen molar-refractivity contribution < 1.29 is 23.8 Å². The summed E-state index contributed by atoms with van der Waals surface area (Å²) in [6.45, 7) is 0. The van der Waals surface area contributed by atoms with E-state index in [1.165, 1.54) is 25.3 Å². The van der Waals surface area contributed by atoms with Gasteiger partial charge in [-0.2, -0.15) is 0 Å². The number of hydrogen-bond acceptors (Lipinski definition) is 5. The Labute approximate surface area is 119 Å². The normalized spacial score (nSPS) is 10.2. The quantitative estimate of drug-likeness (QED) is 0.838. The number of aromatic carboxylic acids is 1. The standard InChI is InChI=1S/C14H11FN2O4/c1-21-14(20)8-4-7(5-9(15)6-8)10-2-3-11(16)17-12(10)13(18)19/h2-6H,1H3,(H2,16,17)(H,18,19). The van der Waals surface area contributed by atoms with E-state index < -0.39 is 17.8 Å². The first-order valence-corrected chi connectivity index (χ1v) is 5.81. The summed E-state index contributed by atoms with van der Waals surface area (Å²) in [5.41, 5.74) is 5.45. The number of esters is 1. The van der Waals surface area contributed by atoms with Gasteiger partial charge in [-0.3, -0.25) is 0 Å². The number of carbonyl (C=O) groups is 2.